The van der Waals surface area contributed by atoms with Crippen molar-refractivity contribution in [3.8, 4) is 0 Å². The van der Waals surface area contributed by atoms with Crippen LogP contribution in [0.25, 0.3) is 0 Å². The highest BCUT2D eigenvalue weighted by molar-refractivity contribution is 6.35. The fraction of sp³-hybridized carbons (Fsp3) is 0.250. The first-order valence-electron chi connectivity index (χ1n) is 8.63. The predicted molar refractivity (Wildman–Crippen MR) is 103 cm³/mol. The Balaban J connectivity index is 1.68. The first-order chi connectivity index (χ1) is 12.9. The van der Waals surface area contributed by atoms with Crippen LogP contribution in [-0.4, -0.2) is 23.8 Å². The predicted octanol–water partition coefficient (Wildman–Crippen LogP) is 2.57. The largest absolute Gasteiger partial charge is 0.344 e. The average molecular weight is 386 g/mol. The van der Waals surface area contributed by atoms with Crippen LogP contribution in [0.15, 0.2) is 48.5 Å². The first kappa shape index (κ1) is 18.9. The number of benzene rings is 2. The SMILES string of the molecule is CC(C)N1C(=O)C(NC(=O)C(=O)NCc2cccc(Cl)c2)c2ccccc21. The summed E-state index contributed by atoms with van der Waals surface area (Å²) in [5.74, 6) is -1.90. The molecule has 1 atom stereocenters. The smallest absolute Gasteiger partial charge is 0.310 e. The minimum Gasteiger partial charge on any atom is -0.344 e. The molecule has 0 spiro atoms. The fourth-order valence-electron chi connectivity index (χ4n) is 3.12. The number of nitrogens with zero attached hydrogens (tertiary/aromatic N) is 1. The average Bonchev–Trinajstić information content (AvgIpc) is 2.91. The van der Waals surface area contributed by atoms with Gasteiger partial charge in [-0.05, 0) is 37.6 Å². The molecule has 1 aliphatic rings. The Hall–Kier alpha value is -2.86. The number of nitrogens with one attached hydrogen (secondary N) is 2. The van der Waals surface area contributed by atoms with E-state index in [1.165, 1.54) is 0 Å². The summed E-state index contributed by atoms with van der Waals surface area (Å²) in [7, 11) is 0. The number of para-hydroxylation sites is 1. The Morgan fingerprint density at radius 1 is 1.11 bits per heavy atom. The van der Waals surface area contributed by atoms with E-state index in [1.807, 2.05) is 26.0 Å². The van der Waals surface area contributed by atoms with E-state index >= 15 is 0 Å². The zero-order valence-electron chi connectivity index (χ0n) is 15.0. The van der Waals surface area contributed by atoms with Crippen molar-refractivity contribution in [1.29, 1.82) is 0 Å². The van der Waals surface area contributed by atoms with Crippen LogP contribution in [0.3, 0.4) is 0 Å². The third-order valence-electron chi connectivity index (χ3n) is 4.33. The second-order valence-corrected chi connectivity index (χ2v) is 7.02. The second kappa shape index (κ2) is 7.80. The van der Waals surface area contributed by atoms with Gasteiger partial charge in [0.15, 0.2) is 0 Å². The van der Waals surface area contributed by atoms with Crippen molar-refractivity contribution in [3.63, 3.8) is 0 Å². The van der Waals surface area contributed by atoms with Crippen molar-refractivity contribution in [2.24, 2.45) is 0 Å². The molecule has 0 fully saturated rings. The Labute approximate surface area is 162 Å². The first-order valence-corrected chi connectivity index (χ1v) is 9.01. The van der Waals surface area contributed by atoms with Gasteiger partial charge >= 0.3 is 11.8 Å². The monoisotopic (exact) mass is 385 g/mol. The van der Waals surface area contributed by atoms with Crippen LogP contribution in [0.2, 0.25) is 5.02 Å². The summed E-state index contributed by atoms with van der Waals surface area (Å²) in [6.07, 6.45) is 0. The minimum atomic E-state index is -0.868. The summed E-state index contributed by atoms with van der Waals surface area (Å²) in [4.78, 5) is 38.8. The summed E-state index contributed by atoms with van der Waals surface area (Å²) < 4.78 is 0. The van der Waals surface area contributed by atoms with E-state index in [0.29, 0.717) is 10.6 Å². The van der Waals surface area contributed by atoms with E-state index in [-0.39, 0.29) is 18.5 Å². The lowest BCUT2D eigenvalue weighted by Crippen LogP contribution is -2.45. The highest BCUT2D eigenvalue weighted by Crippen LogP contribution is 2.36. The molecule has 0 saturated carbocycles. The van der Waals surface area contributed by atoms with Crippen molar-refractivity contribution in [2.75, 3.05) is 4.90 Å². The minimum absolute atomic E-state index is 0.0581. The van der Waals surface area contributed by atoms with Crippen molar-refractivity contribution in [2.45, 2.75) is 32.5 Å². The zero-order valence-corrected chi connectivity index (χ0v) is 15.8. The third kappa shape index (κ3) is 3.95. The lowest BCUT2D eigenvalue weighted by Gasteiger charge is -2.22. The van der Waals surface area contributed by atoms with E-state index in [0.717, 1.165) is 11.3 Å². The van der Waals surface area contributed by atoms with Gasteiger partial charge < -0.3 is 15.5 Å². The summed E-state index contributed by atoms with van der Waals surface area (Å²) in [5, 5.41) is 5.64. The number of anilines is 1. The van der Waals surface area contributed by atoms with E-state index in [4.69, 9.17) is 11.6 Å². The number of hydrogen-bond donors (Lipinski definition) is 2. The maximum absolute atomic E-state index is 12.7. The van der Waals surface area contributed by atoms with Crippen LogP contribution in [-0.2, 0) is 20.9 Å². The maximum atomic E-state index is 12.7. The van der Waals surface area contributed by atoms with E-state index in [2.05, 4.69) is 10.6 Å². The molecule has 2 N–H and O–H groups in total. The van der Waals surface area contributed by atoms with Gasteiger partial charge in [0.25, 0.3) is 5.91 Å². The van der Waals surface area contributed by atoms with E-state index in [1.54, 1.807) is 41.3 Å². The molecule has 2 aromatic rings. The highest BCUT2D eigenvalue weighted by Gasteiger charge is 2.39. The molecule has 6 nitrogen and oxygen atoms in total. The summed E-state index contributed by atoms with van der Waals surface area (Å²) in [5.41, 5.74) is 2.21. The van der Waals surface area contributed by atoms with Gasteiger partial charge in [-0.25, -0.2) is 0 Å². The Morgan fingerprint density at radius 2 is 1.85 bits per heavy atom. The molecule has 0 aliphatic carbocycles. The molecule has 3 amide bonds. The number of fused-ring (bicyclic) bond motifs is 1. The lowest BCUT2D eigenvalue weighted by molar-refractivity contribution is -0.140. The normalized spacial score (nSPS) is 15.6. The number of rotatable bonds is 4. The van der Waals surface area contributed by atoms with Gasteiger partial charge in [0.1, 0.15) is 6.04 Å². The van der Waals surface area contributed by atoms with Gasteiger partial charge in [-0.3, -0.25) is 14.4 Å². The number of carbonyl (C=O) groups is 3. The topological polar surface area (TPSA) is 78.5 Å². The summed E-state index contributed by atoms with van der Waals surface area (Å²) >= 11 is 5.91. The number of amides is 3. The third-order valence-corrected chi connectivity index (χ3v) is 4.57. The van der Waals surface area contributed by atoms with E-state index in [9.17, 15) is 14.4 Å². The molecular weight excluding hydrogens is 366 g/mol. The second-order valence-electron chi connectivity index (χ2n) is 6.58. The van der Waals surface area contributed by atoms with Gasteiger partial charge in [-0.1, -0.05) is 41.9 Å². The van der Waals surface area contributed by atoms with Gasteiger partial charge in [-0.2, -0.15) is 0 Å². The standard InChI is InChI=1S/C20H20ClN3O3/c1-12(2)24-16-9-4-3-8-15(16)17(20(24)27)23-19(26)18(25)22-11-13-6-5-7-14(21)10-13/h3-10,12,17H,11H2,1-2H3,(H,22,25)(H,23,26). The highest BCUT2D eigenvalue weighted by atomic mass is 35.5. The van der Waals surface area contributed by atoms with Crippen LogP contribution >= 0.6 is 11.6 Å². The molecule has 1 heterocycles. The number of halogens is 1. The molecule has 0 aromatic heterocycles. The van der Waals surface area contributed by atoms with Gasteiger partial charge in [0, 0.05) is 28.9 Å². The molecule has 1 aliphatic heterocycles. The summed E-state index contributed by atoms with van der Waals surface area (Å²) in [6.45, 7) is 3.97. The molecule has 0 saturated heterocycles. The van der Waals surface area contributed by atoms with Gasteiger partial charge in [0.2, 0.25) is 0 Å². The Morgan fingerprint density at radius 3 is 2.56 bits per heavy atom. The molecule has 0 bridgehead atoms. The van der Waals surface area contributed by atoms with Crippen molar-refractivity contribution >= 4 is 35.0 Å². The van der Waals surface area contributed by atoms with Crippen LogP contribution in [0, 0.1) is 0 Å². The summed E-state index contributed by atoms with van der Waals surface area (Å²) in [6, 6.07) is 13.3. The van der Waals surface area contributed by atoms with Crippen molar-refractivity contribution < 1.29 is 14.4 Å². The van der Waals surface area contributed by atoms with Crippen molar-refractivity contribution in [3.05, 3.63) is 64.7 Å². The van der Waals surface area contributed by atoms with Crippen LogP contribution in [0.5, 0.6) is 0 Å². The lowest BCUT2D eigenvalue weighted by atomic mass is 10.1. The zero-order chi connectivity index (χ0) is 19.6. The van der Waals surface area contributed by atoms with E-state index < -0.39 is 17.9 Å². The Bertz CT molecular complexity index is 898. The van der Waals surface area contributed by atoms with Crippen LogP contribution in [0.1, 0.15) is 31.0 Å². The molecule has 7 heteroatoms. The van der Waals surface area contributed by atoms with Crippen molar-refractivity contribution in [1.82, 2.24) is 10.6 Å². The van der Waals surface area contributed by atoms with Gasteiger partial charge in [-0.15, -0.1) is 0 Å². The molecule has 2 aromatic carbocycles. The molecule has 140 valence electrons. The van der Waals surface area contributed by atoms with Crippen LogP contribution < -0.4 is 15.5 Å². The number of carbonyl (C=O) groups excluding carboxylic acids is 3. The molecule has 0 radical (unpaired) electrons. The number of hydrogen-bond acceptors (Lipinski definition) is 3. The Kier molecular flexibility index (Phi) is 5.46. The van der Waals surface area contributed by atoms with Crippen LogP contribution in [0.4, 0.5) is 5.69 Å². The quantitative estimate of drug-likeness (QED) is 0.794. The van der Waals surface area contributed by atoms with Gasteiger partial charge in [0.05, 0.1) is 0 Å². The fourth-order valence-corrected chi connectivity index (χ4v) is 3.33. The molecule has 27 heavy (non-hydrogen) atoms. The molecule has 3 rings (SSSR count). The molecular formula is C20H20ClN3O3. The maximum Gasteiger partial charge on any atom is 0.310 e. The molecule has 1 unspecified atom stereocenters.